The number of aromatic nitrogens is 1. The third-order valence-corrected chi connectivity index (χ3v) is 5.57. The summed E-state index contributed by atoms with van der Waals surface area (Å²) in [5, 5.41) is 0.970. The fourth-order valence-corrected chi connectivity index (χ4v) is 3.59. The molecule has 0 amide bonds. The van der Waals surface area contributed by atoms with Crippen molar-refractivity contribution in [2.45, 2.75) is 31.1 Å². The first-order chi connectivity index (χ1) is 11.0. The number of anilines is 1. The highest BCUT2D eigenvalue weighted by Gasteiger charge is 2.15. The fourth-order valence-electron chi connectivity index (χ4n) is 2.54. The van der Waals surface area contributed by atoms with Crippen molar-refractivity contribution in [2.24, 2.45) is 0 Å². The van der Waals surface area contributed by atoms with Crippen LogP contribution in [-0.4, -0.2) is 13.4 Å². The Kier molecular flexibility index (Phi) is 4.13. The van der Waals surface area contributed by atoms with E-state index in [1.54, 1.807) is 18.2 Å². The van der Waals surface area contributed by atoms with E-state index in [-0.39, 0.29) is 4.90 Å². The monoisotopic (exact) mass is 328 g/mol. The van der Waals surface area contributed by atoms with Crippen molar-refractivity contribution in [2.75, 3.05) is 4.72 Å². The lowest BCUT2D eigenvalue weighted by atomic mass is 9.99. The number of hydrogen-bond donors (Lipinski definition) is 2. The van der Waals surface area contributed by atoms with E-state index < -0.39 is 10.0 Å². The van der Waals surface area contributed by atoms with Gasteiger partial charge in [-0.2, -0.15) is 0 Å². The summed E-state index contributed by atoms with van der Waals surface area (Å²) in [7, 11) is -3.57. The molecule has 2 aromatic carbocycles. The van der Waals surface area contributed by atoms with E-state index in [4.69, 9.17) is 0 Å². The van der Waals surface area contributed by atoms with Crippen LogP contribution in [0.5, 0.6) is 0 Å². The molecule has 1 aromatic heterocycles. The highest BCUT2D eigenvalue weighted by Crippen LogP contribution is 2.23. The van der Waals surface area contributed by atoms with Gasteiger partial charge in [-0.3, -0.25) is 4.72 Å². The van der Waals surface area contributed by atoms with Gasteiger partial charge in [-0.25, -0.2) is 8.42 Å². The normalized spacial score (nSPS) is 13.1. The van der Waals surface area contributed by atoms with Gasteiger partial charge in [0.1, 0.15) is 0 Å². The molecule has 5 heteroatoms. The molecule has 0 saturated carbocycles. The average Bonchev–Trinajstić information content (AvgIpc) is 3.01. The van der Waals surface area contributed by atoms with E-state index in [0.29, 0.717) is 11.6 Å². The summed E-state index contributed by atoms with van der Waals surface area (Å²) >= 11 is 0. The third kappa shape index (κ3) is 3.24. The van der Waals surface area contributed by atoms with Gasteiger partial charge in [0.2, 0.25) is 0 Å². The van der Waals surface area contributed by atoms with E-state index in [2.05, 4.69) is 23.6 Å². The number of sulfonamides is 1. The number of benzene rings is 2. The minimum Gasteiger partial charge on any atom is -0.361 e. The molecule has 3 aromatic rings. The lowest BCUT2D eigenvalue weighted by molar-refractivity contribution is 0.601. The Morgan fingerprint density at radius 2 is 1.83 bits per heavy atom. The lowest BCUT2D eigenvalue weighted by Gasteiger charge is -2.11. The fraction of sp³-hybridized carbons (Fsp3) is 0.222. The average molecular weight is 328 g/mol. The molecular formula is C18H20N2O2S. The largest absolute Gasteiger partial charge is 0.361 e. The van der Waals surface area contributed by atoms with E-state index >= 15 is 0 Å². The Bertz CT molecular complexity index is 912. The Balaban J connectivity index is 1.85. The Morgan fingerprint density at radius 1 is 1.09 bits per heavy atom. The number of rotatable bonds is 5. The van der Waals surface area contributed by atoms with Crippen LogP contribution in [0, 0.1) is 0 Å². The van der Waals surface area contributed by atoms with Gasteiger partial charge in [-0.15, -0.1) is 0 Å². The zero-order chi connectivity index (χ0) is 16.4. The van der Waals surface area contributed by atoms with Crippen LogP contribution in [0.2, 0.25) is 0 Å². The lowest BCUT2D eigenvalue weighted by Crippen LogP contribution is -2.13. The van der Waals surface area contributed by atoms with Crippen LogP contribution in [0.3, 0.4) is 0 Å². The van der Waals surface area contributed by atoms with Crippen LogP contribution in [0.15, 0.2) is 59.6 Å². The number of H-pyrrole nitrogens is 1. The summed E-state index contributed by atoms with van der Waals surface area (Å²) in [6.45, 7) is 4.25. The van der Waals surface area contributed by atoms with Gasteiger partial charge in [0, 0.05) is 22.8 Å². The summed E-state index contributed by atoms with van der Waals surface area (Å²) in [4.78, 5) is 3.36. The molecule has 0 aliphatic heterocycles. The van der Waals surface area contributed by atoms with Gasteiger partial charge in [0.25, 0.3) is 10.0 Å². The summed E-state index contributed by atoms with van der Waals surface area (Å²) in [6.07, 6.45) is 2.86. The molecule has 0 saturated heterocycles. The molecule has 1 unspecified atom stereocenters. The van der Waals surface area contributed by atoms with Gasteiger partial charge in [-0.1, -0.05) is 26.0 Å². The maximum atomic E-state index is 12.5. The van der Waals surface area contributed by atoms with Crippen molar-refractivity contribution in [3.05, 3.63) is 60.3 Å². The van der Waals surface area contributed by atoms with Gasteiger partial charge in [0.05, 0.1) is 4.90 Å². The molecule has 2 N–H and O–H groups in total. The molecule has 0 aliphatic rings. The smallest absolute Gasteiger partial charge is 0.261 e. The second-order valence-corrected chi connectivity index (χ2v) is 7.45. The number of aromatic amines is 1. The molecule has 0 fully saturated rings. The molecule has 0 spiro atoms. The Labute approximate surface area is 136 Å². The maximum absolute atomic E-state index is 12.5. The predicted molar refractivity (Wildman–Crippen MR) is 94.3 cm³/mol. The molecule has 4 nitrogen and oxygen atoms in total. The van der Waals surface area contributed by atoms with E-state index in [1.165, 1.54) is 0 Å². The summed E-state index contributed by atoms with van der Waals surface area (Å²) < 4.78 is 27.7. The number of fused-ring (bicyclic) bond motifs is 1. The van der Waals surface area contributed by atoms with Crippen molar-refractivity contribution in [1.82, 2.24) is 4.98 Å². The quantitative estimate of drug-likeness (QED) is 0.725. The van der Waals surface area contributed by atoms with Crippen molar-refractivity contribution in [1.29, 1.82) is 0 Å². The van der Waals surface area contributed by atoms with Gasteiger partial charge >= 0.3 is 0 Å². The zero-order valence-corrected chi connectivity index (χ0v) is 14.0. The summed E-state index contributed by atoms with van der Waals surface area (Å²) in [5.41, 5.74) is 2.69. The minimum atomic E-state index is -3.57. The van der Waals surface area contributed by atoms with Crippen molar-refractivity contribution < 1.29 is 8.42 Å². The van der Waals surface area contributed by atoms with Crippen LogP contribution in [0.1, 0.15) is 31.7 Å². The van der Waals surface area contributed by atoms with Gasteiger partial charge < -0.3 is 4.98 Å². The Hall–Kier alpha value is -2.27. The van der Waals surface area contributed by atoms with Crippen LogP contribution in [-0.2, 0) is 10.0 Å². The van der Waals surface area contributed by atoms with Crippen molar-refractivity contribution in [3.63, 3.8) is 0 Å². The van der Waals surface area contributed by atoms with Crippen molar-refractivity contribution in [3.8, 4) is 0 Å². The van der Waals surface area contributed by atoms with Crippen LogP contribution < -0.4 is 4.72 Å². The van der Waals surface area contributed by atoms with Crippen LogP contribution in [0.25, 0.3) is 10.9 Å². The van der Waals surface area contributed by atoms with Crippen LogP contribution in [0.4, 0.5) is 5.69 Å². The second kappa shape index (κ2) is 6.08. The molecule has 3 rings (SSSR count). The third-order valence-electron chi connectivity index (χ3n) is 4.18. The highest BCUT2D eigenvalue weighted by atomic mass is 32.2. The van der Waals surface area contributed by atoms with Gasteiger partial charge in [0.15, 0.2) is 0 Å². The van der Waals surface area contributed by atoms with E-state index in [9.17, 15) is 8.42 Å². The van der Waals surface area contributed by atoms with E-state index in [1.807, 2.05) is 36.5 Å². The minimum absolute atomic E-state index is 0.277. The molecule has 1 heterocycles. The number of hydrogen-bond acceptors (Lipinski definition) is 2. The number of nitrogens with one attached hydrogen (secondary N) is 2. The first kappa shape index (κ1) is 15.6. The van der Waals surface area contributed by atoms with Gasteiger partial charge in [-0.05, 0) is 54.3 Å². The van der Waals surface area contributed by atoms with Crippen LogP contribution >= 0.6 is 0 Å². The molecule has 0 radical (unpaired) electrons. The van der Waals surface area contributed by atoms with E-state index in [0.717, 1.165) is 22.9 Å². The summed E-state index contributed by atoms with van der Waals surface area (Å²) in [5.74, 6) is 0.427. The Morgan fingerprint density at radius 3 is 2.52 bits per heavy atom. The molecule has 23 heavy (non-hydrogen) atoms. The maximum Gasteiger partial charge on any atom is 0.261 e. The molecule has 0 aliphatic carbocycles. The highest BCUT2D eigenvalue weighted by molar-refractivity contribution is 7.92. The zero-order valence-electron chi connectivity index (χ0n) is 13.2. The van der Waals surface area contributed by atoms with Crippen molar-refractivity contribution >= 4 is 26.6 Å². The summed E-state index contributed by atoms with van der Waals surface area (Å²) in [6, 6.07) is 14.4. The SMILES string of the molecule is CCC(C)c1ccc(S(=O)(=O)Nc2ccc3[nH]ccc3c2)cc1. The molecule has 120 valence electrons. The second-order valence-electron chi connectivity index (χ2n) is 5.76. The topological polar surface area (TPSA) is 62.0 Å². The first-order valence-corrected chi connectivity index (χ1v) is 9.18. The first-order valence-electron chi connectivity index (χ1n) is 7.69. The standard InChI is InChI=1S/C18H20N2O2S/c1-3-13(2)14-4-7-17(8-5-14)23(21,22)20-16-6-9-18-15(12-16)10-11-19-18/h4-13,19-20H,3H2,1-2H3. The molecule has 0 bridgehead atoms. The predicted octanol–water partition coefficient (Wildman–Crippen LogP) is 4.48. The molecule has 1 atom stereocenters. The molecular weight excluding hydrogens is 308 g/mol.